The molecule has 0 spiro atoms. The molecule has 0 bridgehead atoms. The van der Waals surface area contributed by atoms with Crippen LogP contribution in [0.2, 0.25) is 0 Å². The third kappa shape index (κ3) is 2.13. The second-order valence-electron chi connectivity index (χ2n) is 4.13. The molecule has 0 fully saturated rings. The van der Waals surface area contributed by atoms with Crippen molar-refractivity contribution in [3.8, 4) is 5.75 Å². The summed E-state index contributed by atoms with van der Waals surface area (Å²) in [6.07, 6.45) is 0. The van der Waals surface area contributed by atoms with Crippen LogP contribution < -0.4 is 16.2 Å². The zero-order valence-electron chi connectivity index (χ0n) is 10.1. The number of fused-ring (bicyclic) bond motifs is 1. The van der Waals surface area contributed by atoms with Crippen LogP contribution in [-0.2, 0) is 4.79 Å². The highest BCUT2D eigenvalue weighted by molar-refractivity contribution is 5.99. The number of nitrogen functional groups attached to an aromatic ring is 2. The van der Waals surface area contributed by atoms with E-state index in [4.69, 9.17) is 16.2 Å². The van der Waals surface area contributed by atoms with E-state index in [1.165, 1.54) is 0 Å². The number of nitrogens with two attached hydrogens (primary N) is 2. The van der Waals surface area contributed by atoms with Crippen LogP contribution in [0, 0.1) is 0 Å². The highest BCUT2D eigenvalue weighted by Crippen LogP contribution is 2.32. The van der Waals surface area contributed by atoms with Gasteiger partial charge in [-0.2, -0.15) is 0 Å². The van der Waals surface area contributed by atoms with Crippen molar-refractivity contribution in [3.63, 3.8) is 0 Å². The predicted molar refractivity (Wildman–Crippen MR) is 73.2 cm³/mol. The van der Waals surface area contributed by atoms with Gasteiger partial charge in [-0.05, 0) is 30.5 Å². The van der Waals surface area contributed by atoms with Gasteiger partial charge in [0.15, 0.2) is 5.75 Å². The van der Waals surface area contributed by atoms with Gasteiger partial charge in [-0.15, -0.1) is 0 Å². The first-order valence-electron chi connectivity index (χ1n) is 5.44. The Kier molecular flexibility index (Phi) is 2.93. The van der Waals surface area contributed by atoms with E-state index in [9.17, 15) is 4.79 Å². The fourth-order valence-electron chi connectivity index (χ4n) is 1.62. The lowest BCUT2D eigenvalue weighted by molar-refractivity contribution is -0.130. The van der Waals surface area contributed by atoms with Crippen molar-refractivity contribution >= 4 is 28.1 Å². The average Bonchev–Trinajstić information content (AvgIpc) is 2.33. The molecule has 0 saturated heterocycles. The Hall–Kier alpha value is -2.49. The molecule has 0 aliphatic rings. The third-order valence-corrected chi connectivity index (χ3v) is 2.60. The number of rotatable bonds is 2. The normalized spacial score (nSPS) is 10.3. The smallest absolute Gasteiger partial charge is 0.338 e. The van der Waals surface area contributed by atoms with E-state index in [0.29, 0.717) is 22.7 Å². The standard InChI is InChI=1S/C14H14N2O2/c1-8(2)14(17)18-12-6-4-9-3-5-10(15)7-11(9)13(12)16/h3-7H,1,15-16H2,2H3. The fourth-order valence-corrected chi connectivity index (χ4v) is 1.62. The van der Waals surface area contributed by atoms with Gasteiger partial charge in [0.25, 0.3) is 0 Å². The largest absolute Gasteiger partial charge is 0.421 e. The Morgan fingerprint density at radius 3 is 2.56 bits per heavy atom. The summed E-state index contributed by atoms with van der Waals surface area (Å²) >= 11 is 0. The maximum Gasteiger partial charge on any atom is 0.338 e. The first-order valence-corrected chi connectivity index (χ1v) is 5.44. The highest BCUT2D eigenvalue weighted by Gasteiger charge is 2.10. The molecule has 4 heteroatoms. The Morgan fingerprint density at radius 2 is 1.89 bits per heavy atom. The molecule has 0 amide bonds. The first kappa shape index (κ1) is 12.0. The number of carbonyl (C=O) groups excluding carboxylic acids is 1. The van der Waals surface area contributed by atoms with Crippen molar-refractivity contribution in [2.75, 3.05) is 11.5 Å². The van der Waals surface area contributed by atoms with Crippen LogP contribution in [0.5, 0.6) is 5.75 Å². The van der Waals surface area contributed by atoms with Gasteiger partial charge < -0.3 is 16.2 Å². The lowest BCUT2D eigenvalue weighted by atomic mass is 10.1. The van der Waals surface area contributed by atoms with Crippen LogP contribution in [-0.4, -0.2) is 5.97 Å². The molecule has 18 heavy (non-hydrogen) atoms. The van der Waals surface area contributed by atoms with Crippen LogP contribution in [0.4, 0.5) is 11.4 Å². The molecule has 4 nitrogen and oxygen atoms in total. The number of carbonyl (C=O) groups is 1. The van der Waals surface area contributed by atoms with Crippen LogP contribution >= 0.6 is 0 Å². The Morgan fingerprint density at radius 1 is 1.22 bits per heavy atom. The third-order valence-electron chi connectivity index (χ3n) is 2.60. The van der Waals surface area contributed by atoms with E-state index in [2.05, 4.69) is 6.58 Å². The number of hydrogen-bond acceptors (Lipinski definition) is 4. The highest BCUT2D eigenvalue weighted by atomic mass is 16.5. The molecule has 0 aliphatic carbocycles. The summed E-state index contributed by atoms with van der Waals surface area (Å²) in [5.74, 6) is -0.175. The summed E-state index contributed by atoms with van der Waals surface area (Å²) in [5, 5.41) is 1.71. The topological polar surface area (TPSA) is 78.3 Å². The molecule has 2 rings (SSSR count). The molecule has 0 aromatic heterocycles. The summed E-state index contributed by atoms with van der Waals surface area (Å²) in [6.45, 7) is 5.10. The monoisotopic (exact) mass is 242 g/mol. The molecule has 0 aliphatic heterocycles. The van der Waals surface area contributed by atoms with Gasteiger partial charge in [-0.1, -0.05) is 18.7 Å². The van der Waals surface area contributed by atoms with Crippen LogP contribution in [0.15, 0.2) is 42.5 Å². The van der Waals surface area contributed by atoms with E-state index in [-0.39, 0.29) is 0 Å². The van der Waals surface area contributed by atoms with Crippen LogP contribution in [0.1, 0.15) is 6.92 Å². The van der Waals surface area contributed by atoms with E-state index in [1.54, 1.807) is 25.1 Å². The van der Waals surface area contributed by atoms with Crippen molar-refractivity contribution in [2.24, 2.45) is 0 Å². The summed E-state index contributed by atoms with van der Waals surface area (Å²) in [7, 11) is 0. The summed E-state index contributed by atoms with van der Waals surface area (Å²) in [4.78, 5) is 11.5. The van der Waals surface area contributed by atoms with Gasteiger partial charge in [0.05, 0.1) is 5.69 Å². The minimum absolute atomic E-state index is 0.320. The second kappa shape index (κ2) is 4.41. The van der Waals surface area contributed by atoms with Crippen molar-refractivity contribution in [1.82, 2.24) is 0 Å². The lowest BCUT2D eigenvalue weighted by Gasteiger charge is -2.10. The maximum absolute atomic E-state index is 11.5. The molecular formula is C14H14N2O2. The van der Waals surface area contributed by atoms with Crippen molar-refractivity contribution in [2.45, 2.75) is 6.92 Å². The molecule has 2 aromatic rings. The zero-order valence-corrected chi connectivity index (χ0v) is 10.1. The van der Waals surface area contributed by atoms with E-state index < -0.39 is 5.97 Å². The summed E-state index contributed by atoms with van der Waals surface area (Å²) in [6, 6.07) is 8.90. The fraction of sp³-hybridized carbons (Fsp3) is 0.0714. The quantitative estimate of drug-likeness (QED) is 0.367. The Bertz CT molecular complexity index is 648. The van der Waals surface area contributed by atoms with Crippen molar-refractivity contribution in [3.05, 3.63) is 42.5 Å². The summed E-state index contributed by atoms with van der Waals surface area (Å²) < 4.78 is 5.15. The van der Waals surface area contributed by atoms with E-state index >= 15 is 0 Å². The number of hydrogen-bond donors (Lipinski definition) is 2. The lowest BCUT2D eigenvalue weighted by Crippen LogP contribution is -2.09. The number of benzene rings is 2. The van der Waals surface area contributed by atoms with Crippen molar-refractivity contribution in [1.29, 1.82) is 0 Å². The molecule has 2 aromatic carbocycles. The van der Waals surface area contributed by atoms with E-state index in [0.717, 1.165) is 10.8 Å². The van der Waals surface area contributed by atoms with Gasteiger partial charge in [0.2, 0.25) is 0 Å². The average molecular weight is 242 g/mol. The predicted octanol–water partition coefficient (Wildman–Crippen LogP) is 2.49. The van der Waals surface area contributed by atoms with Crippen LogP contribution in [0.25, 0.3) is 10.8 Å². The minimum Gasteiger partial charge on any atom is -0.421 e. The van der Waals surface area contributed by atoms with Crippen molar-refractivity contribution < 1.29 is 9.53 Å². The van der Waals surface area contributed by atoms with Gasteiger partial charge in [-0.25, -0.2) is 4.79 Å². The molecule has 0 unspecified atom stereocenters. The minimum atomic E-state index is -0.495. The zero-order chi connectivity index (χ0) is 13.3. The second-order valence-corrected chi connectivity index (χ2v) is 4.13. The molecule has 0 atom stereocenters. The molecule has 0 radical (unpaired) electrons. The molecular weight excluding hydrogens is 228 g/mol. The summed E-state index contributed by atoms with van der Waals surface area (Å²) in [5.41, 5.74) is 13.0. The first-order chi connectivity index (χ1) is 8.49. The SMILES string of the molecule is C=C(C)C(=O)Oc1ccc2ccc(N)cc2c1N. The molecule has 4 N–H and O–H groups in total. The molecule has 92 valence electrons. The van der Waals surface area contributed by atoms with Gasteiger partial charge in [-0.3, -0.25) is 0 Å². The molecule has 0 heterocycles. The Balaban J connectivity index is 2.50. The number of anilines is 2. The molecule has 0 saturated carbocycles. The maximum atomic E-state index is 11.5. The van der Waals surface area contributed by atoms with Gasteiger partial charge >= 0.3 is 5.97 Å². The Labute approximate surface area is 105 Å². The van der Waals surface area contributed by atoms with Gasteiger partial charge in [0.1, 0.15) is 0 Å². The van der Waals surface area contributed by atoms with E-state index in [1.807, 2.05) is 12.1 Å². The number of esters is 1. The van der Waals surface area contributed by atoms with Gasteiger partial charge in [0, 0.05) is 16.6 Å². The number of ether oxygens (including phenoxy) is 1. The van der Waals surface area contributed by atoms with Crippen LogP contribution in [0.3, 0.4) is 0 Å².